The third-order valence-electron chi connectivity index (χ3n) is 2.89. The Morgan fingerprint density at radius 2 is 2.07 bits per heavy atom. The van der Waals surface area contributed by atoms with E-state index in [0.29, 0.717) is 6.61 Å². The fourth-order valence-corrected chi connectivity index (χ4v) is 2.40. The minimum Gasteiger partial charge on any atom is -0.410 e. The van der Waals surface area contributed by atoms with Gasteiger partial charge >= 0.3 is 0 Å². The fraction of sp³-hybridized carbons (Fsp3) is 0.700. The summed E-state index contributed by atoms with van der Waals surface area (Å²) in [5, 5.41) is 0.657. The molecule has 0 spiro atoms. The van der Waals surface area contributed by atoms with Gasteiger partial charge in [-0.2, -0.15) is 4.39 Å². The van der Waals surface area contributed by atoms with Gasteiger partial charge in [0.15, 0.2) is 13.4 Å². The molecule has 1 rings (SSSR count). The molecule has 15 heavy (non-hydrogen) atoms. The van der Waals surface area contributed by atoms with Crippen molar-refractivity contribution in [3.8, 4) is 0 Å². The Balaban J connectivity index is 2.57. The summed E-state index contributed by atoms with van der Waals surface area (Å²) in [6.45, 7) is 11.3. The van der Waals surface area contributed by atoms with E-state index in [-0.39, 0.29) is 10.2 Å². The molecule has 0 fully saturated rings. The van der Waals surface area contributed by atoms with Crippen LogP contribution in [0, 0.1) is 5.13 Å². The summed E-state index contributed by atoms with van der Waals surface area (Å²) < 4.78 is 18.6. The van der Waals surface area contributed by atoms with Gasteiger partial charge in [0.1, 0.15) is 5.01 Å². The molecule has 0 saturated heterocycles. The Labute approximate surface area is 95.6 Å². The second-order valence-electron chi connectivity index (χ2n) is 5.11. The zero-order valence-corrected chi connectivity index (χ0v) is 11.7. The zero-order chi connectivity index (χ0) is 11.7. The summed E-state index contributed by atoms with van der Waals surface area (Å²) in [4.78, 5) is 3.94. The average Bonchev–Trinajstić information content (AvgIpc) is 2.46. The first-order chi connectivity index (χ1) is 6.72. The maximum atomic E-state index is 12.7. The molecule has 5 heteroatoms. The molecule has 0 aliphatic carbocycles. The molecule has 0 unspecified atom stereocenters. The quantitative estimate of drug-likeness (QED) is 0.758. The van der Waals surface area contributed by atoms with E-state index in [0.717, 1.165) is 16.3 Å². The smallest absolute Gasteiger partial charge is 0.196 e. The molecule has 1 aromatic heterocycles. The molecule has 2 nitrogen and oxygen atoms in total. The Hall–Kier alpha value is -0.263. The van der Waals surface area contributed by atoms with Gasteiger partial charge in [-0.05, 0) is 18.1 Å². The molecule has 0 aliphatic heterocycles. The number of aromatic nitrogens is 1. The van der Waals surface area contributed by atoms with Crippen molar-refractivity contribution in [3.63, 3.8) is 0 Å². The largest absolute Gasteiger partial charge is 0.410 e. The van der Waals surface area contributed by atoms with Crippen LogP contribution in [-0.2, 0) is 11.0 Å². The number of thiazole rings is 1. The van der Waals surface area contributed by atoms with Crippen molar-refractivity contribution < 1.29 is 8.82 Å². The van der Waals surface area contributed by atoms with Crippen molar-refractivity contribution in [1.29, 1.82) is 0 Å². The molecule has 0 aromatic carbocycles. The summed E-state index contributed by atoms with van der Waals surface area (Å²) in [6.07, 6.45) is 1.25. The van der Waals surface area contributed by atoms with Gasteiger partial charge in [-0.1, -0.05) is 32.1 Å². The van der Waals surface area contributed by atoms with E-state index >= 15 is 0 Å². The van der Waals surface area contributed by atoms with E-state index in [2.05, 4.69) is 38.8 Å². The van der Waals surface area contributed by atoms with Crippen LogP contribution in [0.3, 0.4) is 0 Å². The Bertz CT molecular complexity index is 332. The van der Waals surface area contributed by atoms with Crippen molar-refractivity contribution in [2.24, 2.45) is 0 Å². The molecular weight excluding hydrogens is 229 g/mol. The van der Waals surface area contributed by atoms with Crippen LogP contribution in [0.4, 0.5) is 4.39 Å². The van der Waals surface area contributed by atoms with Crippen LogP contribution in [0.1, 0.15) is 25.8 Å². The molecular formula is C10H18FNOSSi. The van der Waals surface area contributed by atoms with Gasteiger partial charge in [-0.25, -0.2) is 4.98 Å². The summed E-state index contributed by atoms with van der Waals surface area (Å²) in [5.74, 6) is 0. The Morgan fingerprint density at radius 1 is 1.47 bits per heavy atom. The van der Waals surface area contributed by atoms with Gasteiger partial charge in [0.25, 0.3) is 0 Å². The second-order valence-corrected chi connectivity index (χ2v) is 11.0. The predicted octanol–water partition coefficient (Wildman–Crippen LogP) is 3.80. The molecule has 0 saturated carbocycles. The van der Waals surface area contributed by atoms with Gasteiger partial charge in [0.05, 0.1) is 12.8 Å². The summed E-state index contributed by atoms with van der Waals surface area (Å²) in [5.41, 5.74) is 0. The number of hydrogen-bond donors (Lipinski definition) is 0. The Kier molecular flexibility index (Phi) is 3.68. The third kappa shape index (κ3) is 3.36. The van der Waals surface area contributed by atoms with Crippen molar-refractivity contribution in [2.75, 3.05) is 0 Å². The lowest BCUT2D eigenvalue weighted by Gasteiger charge is -2.35. The molecule has 0 N–H and O–H groups in total. The van der Waals surface area contributed by atoms with Crippen molar-refractivity contribution in [2.45, 2.75) is 45.5 Å². The lowest BCUT2D eigenvalue weighted by Crippen LogP contribution is -2.40. The standard InChI is InChI=1S/C10H18FNOSSi/c1-10(2,3)15(4,5)13-7-9-12-6-8(11)14-9/h6H,7H2,1-5H3. The van der Waals surface area contributed by atoms with E-state index in [1.807, 2.05) is 0 Å². The molecule has 0 radical (unpaired) electrons. The van der Waals surface area contributed by atoms with E-state index in [1.54, 1.807) is 0 Å². The highest BCUT2D eigenvalue weighted by Gasteiger charge is 2.37. The van der Waals surface area contributed by atoms with Gasteiger partial charge in [0, 0.05) is 0 Å². The number of hydrogen-bond acceptors (Lipinski definition) is 3. The fourth-order valence-electron chi connectivity index (χ4n) is 0.813. The molecule has 86 valence electrons. The van der Waals surface area contributed by atoms with E-state index in [9.17, 15) is 4.39 Å². The van der Waals surface area contributed by atoms with Crippen LogP contribution >= 0.6 is 11.3 Å². The monoisotopic (exact) mass is 247 g/mol. The van der Waals surface area contributed by atoms with E-state index in [1.165, 1.54) is 6.20 Å². The molecule has 0 aliphatic rings. The van der Waals surface area contributed by atoms with Gasteiger partial charge in [0.2, 0.25) is 0 Å². The molecule has 1 aromatic rings. The maximum Gasteiger partial charge on any atom is 0.196 e. The lowest BCUT2D eigenvalue weighted by atomic mass is 10.2. The highest BCUT2D eigenvalue weighted by molar-refractivity contribution is 7.09. The number of halogens is 1. The van der Waals surface area contributed by atoms with Gasteiger partial charge in [-0.3, -0.25) is 0 Å². The topological polar surface area (TPSA) is 22.1 Å². The minimum atomic E-state index is -1.73. The highest BCUT2D eigenvalue weighted by Crippen LogP contribution is 2.37. The third-order valence-corrected chi connectivity index (χ3v) is 8.13. The van der Waals surface area contributed by atoms with Crippen molar-refractivity contribution in [3.05, 3.63) is 16.3 Å². The first-order valence-corrected chi connectivity index (χ1v) is 8.69. The summed E-state index contributed by atoms with van der Waals surface area (Å²) in [7, 11) is -1.73. The molecule has 1 heterocycles. The SMILES string of the molecule is CC(C)(C)[Si](C)(C)OCc1ncc(F)s1. The molecule has 0 amide bonds. The van der Waals surface area contributed by atoms with Crippen LogP contribution in [0.2, 0.25) is 18.1 Å². The van der Waals surface area contributed by atoms with E-state index < -0.39 is 8.32 Å². The normalized spacial score (nSPS) is 13.2. The summed E-state index contributed by atoms with van der Waals surface area (Å²) in [6, 6.07) is 0. The van der Waals surface area contributed by atoms with Crippen LogP contribution < -0.4 is 0 Å². The number of rotatable bonds is 3. The lowest BCUT2D eigenvalue weighted by molar-refractivity contribution is 0.276. The van der Waals surface area contributed by atoms with Crippen LogP contribution in [0.25, 0.3) is 0 Å². The molecule has 0 atom stereocenters. The first-order valence-electron chi connectivity index (χ1n) is 4.96. The zero-order valence-electron chi connectivity index (χ0n) is 9.93. The second kappa shape index (κ2) is 4.31. The van der Waals surface area contributed by atoms with Crippen molar-refractivity contribution in [1.82, 2.24) is 4.98 Å². The minimum absolute atomic E-state index is 0.183. The predicted molar refractivity (Wildman–Crippen MR) is 64.1 cm³/mol. The Morgan fingerprint density at radius 3 is 2.47 bits per heavy atom. The van der Waals surface area contributed by atoms with Crippen LogP contribution in [0.15, 0.2) is 6.20 Å². The van der Waals surface area contributed by atoms with Gasteiger partial charge in [-0.15, -0.1) is 0 Å². The first kappa shape index (κ1) is 12.8. The average molecular weight is 247 g/mol. The van der Waals surface area contributed by atoms with Crippen LogP contribution in [-0.4, -0.2) is 13.3 Å². The highest BCUT2D eigenvalue weighted by atomic mass is 32.1. The summed E-state index contributed by atoms with van der Waals surface area (Å²) >= 11 is 1.06. The van der Waals surface area contributed by atoms with Crippen molar-refractivity contribution >= 4 is 19.7 Å². The maximum absolute atomic E-state index is 12.7. The van der Waals surface area contributed by atoms with Crippen LogP contribution in [0.5, 0.6) is 0 Å². The van der Waals surface area contributed by atoms with Gasteiger partial charge < -0.3 is 4.43 Å². The number of nitrogens with zero attached hydrogens (tertiary/aromatic N) is 1. The molecule has 0 bridgehead atoms. The van der Waals surface area contributed by atoms with E-state index in [4.69, 9.17) is 4.43 Å².